The molecule has 2 aromatic carbocycles. The lowest BCUT2D eigenvalue weighted by molar-refractivity contribution is -0.154. The first-order chi connectivity index (χ1) is 14.5. The third-order valence-corrected chi connectivity index (χ3v) is 5.54. The van der Waals surface area contributed by atoms with Gasteiger partial charge in [-0.1, -0.05) is 12.1 Å². The molecule has 154 valence electrons. The predicted molar refractivity (Wildman–Crippen MR) is 110 cm³/mol. The molecule has 1 saturated heterocycles. The molecular weight excluding hydrogens is 382 g/mol. The maximum absolute atomic E-state index is 12.4. The average Bonchev–Trinajstić information content (AvgIpc) is 3.59. The van der Waals surface area contributed by atoms with E-state index in [1.54, 1.807) is 53.4 Å². The molecule has 0 spiro atoms. The smallest absolute Gasteiger partial charge is 0.255 e. The van der Waals surface area contributed by atoms with E-state index in [0.29, 0.717) is 41.4 Å². The number of morpholine rings is 1. The Balaban J connectivity index is 1.42. The summed E-state index contributed by atoms with van der Waals surface area (Å²) in [6, 6.07) is 14.9. The third kappa shape index (κ3) is 4.51. The van der Waals surface area contributed by atoms with Gasteiger partial charge in [-0.05, 0) is 60.7 Å². The highest BCUT2D eigenvalue weighted by molar-refractivity contribution is 6.04. The highest BCUT2D eigenvalue weighted by Gasteiger charge is 2.37. The summed E-state index contributed by atoms with van der Waals surface area (Å²) in [5.74, 6) is 0.166. The van der Waals surface area contributed by atoms with Gasteiger partial charge in [-0.15, -0.1) is 0 Å². The lowest BCUT2D eigenvalue weighted by Crippen LogP contribution is -2.52. The number of ether oxygens (including phenoxy) is 1. The van der Waals surface area contributed by atoms with Gasteiger partial charge >= 0.3 is 0 Å². The Labute approximate surface area is 174 Å². The fourth-order valence-electron chi connectivity index (χ4n) is 3.59. The van der Waals surface area contributed by atoms with E-state index in [1.165, 1.54) is 0 Å². The van der Waals surface area contributed by atoms with E-state index in [1.807, 2.05) is 6.07 Å². The zero-order valence-corrected chi connectivity index (χ0v) is 16.5. The van der Waals surface area contributed by atoms with Crippen LogP contribution in [-0.4, -0.2) is 47.6 Å². The van der Waals surface area contributed by atoms with Crippen LogP contribution in [0.3, 0.4) is 0 Å². The van der Waals surface area contributed by atoms with Crippen molar-refractivity contribution in [2.75, 3.05) is 25.1 Å². The van der Waals surface area contributed by atoms with Crippen LogP contribution in [-0.2, 0) is 9.53 Å². The molecule has 2 aliphatic rings. The average molecular weight is 405 g/mol. The molecule has 7 heteroatoms. The Hall–Kier alpha value is -3.21. The number of carbonyl (C=O) groups is 2. The van der Waals surface area contributed by atoms with E-state index in [9.17, 15) is 14.7 Å². The van der Waals surface area contributed by atoms with Gasteiger partial charge in [-0.3, -0.25) is 9.59 Å². The summed E-state index contributed by atoms with van der Waals surface area (Å²) >= 11 is 0. The number of nitriles is 1. The largest absolute Gasteiger partial charge is 0.386 e. The van der Waals surface area contributed by atoms with Crippen LogP contribution in [0.1, 0.15) is 40.4 Å². The fraction of sp³-hybridized carbons (Fsp3) is 0.348. The van der Waals surface area contributed by atoms with E-state index in [-0.39, 0.29) is 18.4 Å². The molecule has 1 aliphatic heterocycles. The van der Waals surface area contributed by atoms with Gasteiger partial charge in [-0.2, -0.15) is 5.26 Å². The van der Waals surface area contributed by atoms with Crippen molar-refractivity contribution in [3.8, 4) is 6.07 Å². The van der Waals surface area contributed by atoms with Gasteiger partial charge in [-0.25, -0.2) is 0 Å². The second-order valence-electron chi connectivity index (χ2n) is 7.78. The maximum atomic E-state index is 12.4. The fourth-order valence-corrected chi connectivity index (χ4v) is 3.59. The first-order valence-electron chi connectivity index (χ1n) is 10.0. The summed E-state index contributed by atoms with van der Waals surface area (Å²) in [6.45, 7) is 1.04. The highest BCUT2D eigenvalue weighted by atomic mass is 16.5. The predicted octanol–water partition coefficient (Wildman–Crippen LogP) is 2.48. The van der Waals surface area contributed by atoms with Gasteiger partial charge in [0.1, 0.15) is 12.7 Å². The van der Waals surface area contributed by atoms with Crippen molar-refractivity contribution < 1.29 is 19.4 Å². The van der Waals surface area contributed by atoms with E-state index >= 15 is 0 Å². The first-order valence-corrected chi connectivity index (χ1v) is 10.0. The van der Waals surface area contributed by atoms with Gasteiger partial charge in [0.25, 0.3) is 5.91 Å². The van der Waals surface area contributed by atoms with Gasteiger partial charge in [0.2, 0.25) is 5.91 Å². The minimum Gasteiger partial charge on any atom is -0.386 e. The number of nitrogens with zero attached hydrogens (tertiary/aromatic N) is 2. The van der Waals surface area contributed by atoms with Crippen molar-refractivity contribution in [1.29, 1.82) is 5.26 Å². The minimum absolute atomic E-state index is 0.0657. The molecule has 2 fully saturated rings. The molecule has 0 aromatic heterocycles. The van der Waals surface area contributed by atoms with E-state index in [4.69, 9.17) is 10.00 Å². The Morgan fingerprint density at radius 3 is 2.53 bits per heavy atom. The Morgan fingerprint density at radius 1 is 1.20 bits per heavy atom. The normalized spacial score (nSPS) is 19.8. The van der Waals surface area contributed by atoms with Crippen LogP contribution in [0.2, 0.25) is 0 Å². The Bertz CT molecular complexity index is 961. The number of nitrogens with one attached hydrogen (secondary N) is 1. The molecule has 0 bridgehead atoms. The Morgan fingerprint density at radius 2 is 1.90 bits per heavy atom. The number of hydrogen-bond donors (Lipinski definition) is 2. The quantitative estimate of drug-likeness (QED) is 0.769. The molecule has 1 saturated carbocycles. The van der Waals surface area contributed by atoms with Gasteiger partial charge < -0.3 is 20.1 Å². The Kier molecular flexibility index (Phi) is 5.79. The maximum Gasteiger partial charge on any atom is 0.255 e. The van der Waals surface area contributed by atoms with Crippen LogP contribution in [0.5, 0.6) is 0 Å². The van der Waals surface area contributed by atoms with Gasteiger partial charge in [0.15, 0.2) is 0 Å². The zero-order chi connectivity index (χ0) is 21.1. The summed E-state index contributed by atoms with van der Waals surface area (Å²) < 4.78 is 5.38. The molecule has 0 unspecified atom stereocenters. The van der Waals surface area contributed by atoms with Crippen LogP contribution in [0.15, 0.2) is 48.5 Å². The SMILES string of the molecule is N#Cc1ccc(C(=O)Nc2ccc([C@@H](O)[C@H]3COCC(=O)N3CC3CC3)cc2)cc1. The number of amides is 2. The van der Waals surface area contributed by atoms with Gasteiger partial charge in [0, 0.05) is 17.8 Å². The minimum atomic E-state index is -0.865. The second kappa shape index (κ2) is 8.66. The van der Waals surface area contributed by atoms with Crippen LogP contribution in [0.25, 0.3) is 0 Å². The standard InChI is InChI=1S/C23H23N3O4/c24-11-15-3-5-18(6-4-15)23(29)25-19-9-7-17(8-10-19)22(28)20-13-30-14-21(27)26(20)12-16-1-2-16/h3-10,16,20,22,28H,1-2,12-14H2,(H,25,29)/t20-,22-/m1/s1. The summed E-state index contributed by atoms with van der Waals surface area (Å²) in [4.78, 5) is 26.4. The molecule has 2 N–H and O–H groups in total. The summed E-state index contributed by atoms with van der Waals surface area (Å²) in [7, 11) is 0. The van der Waals surface area contributed by atoms with E-state index in [0.717, 1.165) is 12.8 Å². The van der Waals surface area contributed by atoms with Crippen molar-refractivity contribution in [1.82, 2.24) is 4.90 Å². The number of hydrogen-bond acceptors (Lipinski definition) is 5. The molecule has 1 aliphatic carbocycles. The van der Waals surface area contributed by atoms with E-state index in [2.05, 4.69) is 5.32 Å². The number of benzene rings is 2. The summed E-state index contributed by atoms with van der Waals surface area (Å²) in [6.07, 6.45) is 1.39. The number of rotatable bonds is 6. The van der Waals surface area contributed by atoms with Crippen molar-refractivity contribution in [2.24, 2.45) is 5.92 Å². The molecule has 30 heavy (non-hydrogen) atoms. The summed E-state index contributed by atoms with van der Waals surface area (Å²) in [5, 5.41) is 22.5. The van der Waals surface area contributed by atoms with Crippen molar-refractivity contribution in [2.45, 2.75) is 25.0 Å². The van der Waals surface area contributed by atoms with Crippen molar-refractivity contribution in [3.05, 3.63) is 65.2 Å². The monoisotopic (exact) mass is 405 g/mol. The molecule has 2 aromatic rings. The number of aliphatic hydroxyl groups excluding tert-OH is 1. The van der Waals surface area contributed by atoms with Crippen LogP contribution in [0, 0.1) is 17.2 Å². The number of anilines is 1. The molecular formula is C23H23N3O4. The molecule has 2 amide bonds. The van der Waals surface area contributed by atoms with Crippen molar-refractivity contribution in [3.63, 3.8) is 0 Å². The van der Waals surface area contributed by atoms with Crippen LogP contribution >= 0.6 is 0 Å². The number of aliphatic hydroxyl groups is 1. The zero-order valence-electron chi connectivity index (χ0n) is 16.5. The van der Waals surface area contributed by atoms with Crippen molar-refractivity contribution >= 4 is 17.5 Å². The third-order valence-electron chi connectivity index (χ3n) is 5.54. The molecule has 4 rings (SSSR count). The topological polar surface area (TPSA) is 103 Å². The molecule has 0 radical (unpaired) electrons. The highest BCUT2D eigenvalue weighted by Crippen LogP contribution is 2.33. The van der Waals surface area contributed by atoms with Gasteiger partial charge in [0.05, 0.1) is 24.3 Å². The van der Waals surface area contributed by atoms with E-state index < -0.39 is 12.1 Å². The second-order valence-corrected chi connectivity index (χ2v) is 7.78. The lowest BCUT2D eigenvalue weighted by atomic mass is 9.99. The molecule has 1 heterocycles. The molecule has 2 atom stereocenters. The summed E-state index contributed by atoms with van der Waals surface area (Å²) in [5.41, 5.74) is 2.19. The van der Waals surface area contributed by atoms with Crippen LogP contribution < -0.4 is 5.32 Å². The molecule has 7 nitrogen and oxygen atoms in total. The number of carbonyl (C=O) groups excluding carboxylic acids is 2. The van der Waals surface area contributed by atoms with Crippen LogP contribution in [0.4, 0.5) is 5.69 Å². The first kappa shape index (κ1) is 20.1. The lowest BCUT2D eigenvalue weighted by Gasteiger charge is -2.38.